The summed E-state index contributed by atoms with van der Waals surface area (Å²) < 4.78 is 99.5. The quantitative estimate of drug-likeness (QED) is 0.423. The summed E-state index contributed by atoms with van der Waals surface area (Å²) in [5, 5.41) is 2.85. The third-order valence-electron chi connectivity index (χ3n) is 4.10. The molecule has 1 amide bonds. The predicted octanol–water partition coefficient (Wildman–Crippen LogP) is 5.04. The number of rotatable bonds is 5. The van der Waals surface area contributed by atoms with Gasteiger partial charge in [0.2, 0.25) is 5.91 Å². The molecular formula is C18H10F7N3O2S. The number of terminal acetylenes is 1. The third kappa shape index (κ3) is 3.95. The molecule has 0 unspecified atom stereocenters. The molecule has 1 N–H and O–H groups in total. The summed E-state index contributed by atoms with van der Waals surface area (Å²) in [7, 11) is 0. The van der Waals surface area contributed by atoms with Gasteiger partial charge in [-0.05, 0) is 36.2 Å². The van der Waals surface area contributed by atoms with Gasteiger partial charge in [0.05, 0.1) is 17.7 Å². The molecule has 3 rings (SSSR count). The molecule has 164 valence electrons. The molecular weight excluding hydrogens is 455 g/mol. The number of hydrogen-bond acceptors (Lipinski definition) is 5. The predicted molar refractivity (Wildman–Crippen MR) is 96.0 cm³/mol. The molecule has 0 saturated carbocycles. The lowest BCUT2D eigenvalue weighted by molar-refractivity contribution is -0.363. The van der Waals surface area contributed by atoms with Gasteiger partial charge in [0, 0.05) is 0 Å². The Labute approximate surface area is 173 Å². The van der Waals surface area contributed by atoms with E-state index < -0.39 is 35.4 Å². The van der Waals surface area contributed by atoms with E-state index >= 15 is 0 Å². The van der Waals surface area contributed by atoms with E-state index in [1.54, 1.807) is 6.92 Å². The van der Waals surface area contributed by atoms with Crippen molar-refractivity contribution in [3.05, 3.63) is 40.9 Å². The normalized spacial score (nSPS) is 12.7. The third-order valence-corrected chi connectivity index (χ3v) is 4.95. The van der Waals surface area contributed by atoms with E-state index in [1.807, 2.05) is 0 Å². The number of halogens is 7. The molecule has 0 radical (unpaired) electrons. The van der Waals surface area contributed by atoms with Crippen LogP contribution in [0.4, 0.5) is 35.7 Å². The van der Waals surface area contributed by atoms with Crippen molar-refractivity contribution in [2.24, 2.45) is 0 Å². The molecule has 1 aromatic carbocycles. The van der Waals surface area contributed by atoms with Crippen molar-refractivity contribution in [2.75, 3.05) is 5.32 Å². The molecule has 2 heterocycles. The van der Waals surface area contributed by atoms with Crippen LogP contribution in [0, 0.1) is 19.3 Å². The molecule has 31 heavy (non-hydrogen) atoms. The number of anilines is 1. The minimum absolute atomic E-state index is 0.196. The number of hydrogen-bond donors (Lipinski definition) is 1. The fourth-order valence-corrected chi connectivity index (χ4v) is 3.28. The fourth-order valence-electron chi connectivity index (χ4n) is 2.51. The minimum Gasteiger partial charge on any atom is -0.435 e. The zero-order valence-electron chi connectivity index (χ0n) is 15.3. The van der Waals surface area contributed by atoms with Crippen LogP contribution in [0.3, 0.4) is 0 Å². The van der Waals surface area contributed by atoms with Crippen LogP contribution in [-0.4, -0.2) is 27.4 Å². The molecule has 0 fully saturated rings. The summed E-state index contributed by atoms with van der Waals surface area (Å²) >= 11 is 0.953. The Morgan fingerprint density at radius 3 is 2.52 bits per heavy atom. The fraction of sp³-hybridized carbons (Fsp3) is 0.278. The number of alkyl halides is 7. The van der Waals surface area contributed by atoms with Crippen LogP contribution in [-0.2, 0) is 17.1 Å². The lowest BCUT2D eigenvalue weighted by Crippen LogP contribution is -2.50. The maximum Gasteiger partial charge on any atom is 0.460 e. The summed E-state index contributed by atoms with van der Waals surface area (Å²) in [5.41, 5.74) is 0.249. The number of nitrogens with one attached hydrogen (secondary N) is 1. The van der Waals surface area contributed by atoms with E-state index in [1.165, 1.54) is 6.07 Å². The largest absolute Gasteiger partial charge is 0.460 e. The van der Waals surface area contributed by atoms with Gasteiger partial charge in [-0.1, -0.05) is 12.0 Å². The number of aromatic nitrogens is 2. The second kappa shape index (κ2) is 7.52. The van der Waals surface area contributed by atoms with E-state index in [2.05, 4.69) is 25.0 Å². The van der Waals surface area contributed by atoms with Gasteiger partial charge in [0.25, 0.3) is 5.89 Å². The number of aryl methyl sites for hydroxylation is 1. The van der Waals surface area contributed by atoms with Crippen molar-refractivity contribution >= 4 is 33.5 Å². The van der Waals surface area contributed by atoms with Crippen molar-refractivity contribution in [1.82, 2.24) is 9.36 Å². The van der Waals surface area contributed by atoms with Gasteiger partial charge < -0.3 is 9.73 Å². The first-order valence-corrected chi connectivity index (χ1v) is 9.00. The SMILES string of the molecule is C#Cc1c(C)nsc1NC(=O)Cc1ccc2nc(C(F)(F)C(F)(F)C(F)(F)F)oc2c1. The van der Waals surface area contributed by atoms with Crippen LogP contribution < -0.4 is 5.32 Å². The van der Waals surface area contributed by atoms with Crippen LogP contribution >= 0.6 is 11.5 Å². The second-order valence-electron chi connectivity index (χ2n) is 6.31. The molecule has 2 aromatic heterocycles. The van der Waals surface area contributed by atoms with Gasteiger partial charge in [-0.3, -0.25) is 4.79 Å². The lowest BCUT2D eigenvalue weighted by atomic mass is 10.1. The van der Waals surface area contributed by atoms with Gasteiger partial charge in [0.1, 0.15) is 10.5 Å². The highest BCUT2D eigenvalue weighted by Crippen LogP contribution is 2.51. The molecule has 0 spiro atoms. The molecule has 0 aliphatic carbocycles. The Bertz CT molecular complexity index is 1190. The molecule has 0 aliphatic rings. The molecule has 0 bridgehead atoms. The van der Waals surface area contributed by atoms with Crippen molar-refractivity contribution in [1.29, 1.82) is 0 Å². The van der Waals surface area contributed by atoms with E-state index in [9.17, 15) is 35.5 Å². The first-order valence-electron chi connectivity index (χ1n) is 8.23. The molecule has 0 saturated heterocycles. The summed E-state index contributed by atoms with van der Waals surface area (Å²) in [6, 6.07) is 3.35. The number of oxazole rings is 1. The van der Waals surface area contributed by atoms with Crippen molar-refractivity contribution in [3.63, 3.8) is 0 Å². The highest BCUT2D eigenvalue weighted by atomic mass is 32.1. The monoisotopic (exact) mass is 465 g/mol. The second-order valence-corrected chi connectivity index (χ2v) is 7.08. The number of benzene rings is 1. The standard InChI is InChI=1S/C18H10F7N3O2S/c1-3-10-8(2)28-31-14(10)27-13(29)7-9-4-5-11-12(6-9)30-15(26-11)16(19,20)17(21,22)18(23,24)25/h1,4-6H,7H2,2H3,(H,27,29). The lowest BCUT2D eigenvalue weighted by Gasteiger charge is -2.25. The highest BCUT2D eigenvalue weighted by Gasteiger charge is 2.75. The maximum absolute atomic E-state index is 13.8. The molecule has 0 aliphatic heterocycles. The van der Waals surface area contributed by atoms with Crippen LogP contribution in [0.1, 0.15) is 22.7 Å². The molecule has 5 nitrogen and oxygen atoms in total. The first-order chi connectivity index (χ1) is 14.3. The summed E-state index contributed by atoms with van der Waals surface area (Å²) in [4.78, 5) is 15.3. The minimum atomic E-state index is -6.52. The number of amides is 1. The molecule has 0 atom stereocenters. The summed E-state index contributed by atoms with van der Waals surface area (Å²) in [6.07, 6.45) is -1.48. The van der Waals surface area contributed by atoms with Gasteiger partial charge in [-0.2, -0.15) is 35.1 Å². The topological polar surface area (TPSA) is 68.0 Å². The van der Waals surface area contributed by atoms with Crippen LogP contribution in [0.5, 0.6) is 0 Å². The zero-order chi connectivity index (χ0) is 23.2. The first kappa shape index (κ1) is 22.5. The van der Waals surface area contributed by atoms with Gasteiger partial charge in [0.15, 0.2) is 5.58 Å². The number of nitrogens with zero attached hydrogens (tertiary/aromatic N) is 2. The highest BCUT2D eigenvalue weighted by molar-refractivity contribution is 7.10. The Balaban J connectivity index is 1.84. The van der Waals surface area contributed by atoms with Crippen LogP contribution in [0.2, 0.25) is 0 Å². The van der Waals surface area contributed by atoms with Gasteiger partial charge in [-0.15, -0.1) is 6.42 Å². The van der Waals surface area contributed by atoms with Crippen LogP contribution in [0.25, 0.3) is 11.1 Å². The van der Waals surface area contributed by atoms with Gasteiger partial charge >= 0.3 is 18.0 Å². The average Bonchev–Trinajstić information content (AvgIpc) is 3.23. The Kier molecular flexibility index (Phi) is 5.47. The smallest absolute Gasteiger partial charge is 0.435 e. The summed E-state index contributed by atoms with van der Waals surface area (Å²) in [6.45, 7) is 1.65. The van der Waals surface area contributed by atoms with Crippen molar-refractivity contribution < 1.29 is 39.9 Å². The van der Waals surface area contributed by atoms with E-state index in [4.69, 9.17) is 6.42 Å². The van der Waals surface area contributed by atoms with E-state index in [-0.39, 0.29) is 17.5 Å². The van der Waals surface area contributed by atoms with Gasteiger partial charge in [-0.25, -0.2) is 4.98 Å². The number of carbonyl (C=O) groups is 1. The molecule has 3 aromatic rings. The van der Waals surface area contributed by atoms with Crippen molar-refractivity contribution in [2.45, 2.75) is 31.4 Å². The van der Waals surface area contributed by atoms with Crippen LogP contribution in [0.15, 0.2) is 22.6 Å². The molecule has 13 heteroatoms. The number of fused-ring (bicyclic) bond motifs is 1. The Morgan fingerprint density at radius 2 is 1.90 bits per heavy atom. The van der Waals surface area contributed by atoms with Crippen molar-refractivity contribution in [3.8, 4) is 12.3 Å². The van der Waals surface area contributed by atoms with E-state index in [0.29, 0.717) is 16.3 Å². The average molecular weight is 465 g/mol. The van der Waals surface area contributed by atoms with E-state index in [0.717, 1.165) is 23.7 Å². The Hall–Kier alpha value is -3.14. The summed E-state index contributed by atoms with van der Waals surface area (Å²) in [5.74, 6) is -12.4. The Morgan fingerprint density at radius 1 is 1.23 bits per heavy atom. The zero-order valence-corrected chi connectivity index (χ0v) is 16.1. The maximum atomic E-state index is 13.8. The number of carbonyl (C=O) groups excluding carboxylic acids is 1.